The molecule has 0 bridgehead atoms. The molecule has 0 spiro atoms. The molecule has 2 aromatic rings. The Labute approximate surface area is 151 Å². The molecule has 0 aliphatic rings. The number of nitrogens with one attached hydrogen (secondary N) is 1. The first-order valence-corrected chi connectivity index (χ1v) is 9.17. The standard InChI is InChI=1S/C19H21NO4S/c1-2-24-17-9-4-3-8-16(17)14-6-5-7-15(12-14)19(23)20-10-11-25-13-18(21)22/h3-9,12H,2,10-11,13H2,1H3,(H,20,23)(H,21,22). The smallest absolute Gasteiger partial charge is 0.313 e. The minimum absolute atomic E-state index is 0.0412. The van der Waals surface area contributed by atoms with Gasteiger partial charge < -0.3 is 15.2 Å². The van der Waals surface area contributed by atoms with E-state index in [0.717, 1.165) is 16.9 Å². The van der Waals surface area contributed by atoms with E-state index < -0.39 is 5.97 Å². The molecule has 0 aromatic heterocycles. The molecule has 25 heavy (non-hydrogen) atoms. The van der Waals surface area contributed by atoms with Crippen LogP contribution in [0.5, 0.6) is 5.75 Å². The maximum absolute atomic E-state index is 12.3. The zero-order valence-electron chi connectivity index (χ0n) is 14.0. The molecule has 0 saturated carbocycles. The zero-order chi connectivity index (χ0) is 18.1. The number of thioether (sulfide) groups is 1. The lowest BCUT2D eigenvalue weighted by molar-refractivity contribution is -0.133. The Bertz CT molecular complexity index is 733. The monoisotopic (exact) mass is 359 g/mol. The van der Waals surface area contributed by atoms with Crippen LogP contribution in [0, 0.1) is 0 Å². The van der Waals surface area contributed by atoms with Crippen molar-refractivity contribution in [3.05, 3.63) is 54.1 Å². The molecular weight excluding hydrogens is 338 g/mol. The minimum Gasteiger partial charge on any atom is -0.493 e. The number of ether oxygens (including phenoxy) is 1. The van der Waals surface area contributed by atoms with E-state index in [-0.39, 0.29) is 11.7 Å². The van der Waals surface area contributed by atoms with Crippen molar-refractivity contribution in [2.45, 2.75) is 6.92 Å². The molecule has 0 radical (unpaired) electrons. The molecule has 6 heteroatoms. The highest BCUT2D eigenvalue weighted by molar-refractivity contribution is 7.99. The van der Waals surface area contributed by atoms with E-state index >= 15 is 0 Å². The first kappa shape index (κ1) is 18.9. The second kappa shape index (κ2) is 9.74. The van der Waals surface area contributed by atoms with Crippen molar-refractivity contribution < 1.29 is 19.4 Å². The van der Waals surface area contributed by atoms with E-state index in [1.165, 1.54) is 11.8 Å². The van der Waals surface area contributed by atoms with E-state index in [9.17, 15) is 9.59 Å². The van der Waals surface area contributed by atoms with Crippen LogP contribution < -0.4 is 10.1 Å². The minimum atomic E-state index is -0.850. The number of amides is 1. The van der Waals surface area contributed by atoms with Crippen molar-refractivity contribution in [1.29, 1.82) is 0 Å². The van der Waals surface area contributed by atoms with Gasteiger partial charge in [0.2, 0.25) is 0 Å². The Balaban J connectivity index is 2.03. The normalized spacial score (nSPS) is 10.3. The summed E-state index contributed by atoms with van der Waals surface area (Å²) in [6.07, 6.45) is 0. The van der Waals surface area contributed by atoms with Crippen molar-refractivity contribution >= 4 is 23.6 Å². The number of aliphatic carboxylic acids is 1. The van der Waals surface area contributed by atoms with Crippen LogP contribution in [0.1, 0.15) is 17.3 Å². The molecule has 132 valence electrons. The lowest BCUT2D eigenvalue weighted by Gasteiger charge is -2.11. The van der Waals surface area contributed by atoms with Crippen molar-refractivity contribution in [3.8, 4) is 16.9 Å². The van der Waals surface area contributed by atoms with Gasteiger partial charge in [-0.2, -0.15) is 0 Å². The van der Waals surface area contributed by atoms with E-state index in [0.29, 0.717) is 24.5 Å². The summed E-state index contributed by atoms with van der Waals surface area (Å²) < 4.78 is 5.65. The van der Waals surface area contributed by atoms with Gasteiger partial charge >= 0.3 is 5.97 Å². The van der Waals surface area contributed by atoms with Crippen LogP contribution in [0.15, 0.2) is 48.5 Å². The summed E-state index contributed by atoms with van der Waals surface area (Å²) in [4.78, 5) is 22.7. The largest absolute Gasteiger partial charge is 0.493 e. The maximum atomic E-state index is 12.3. The highest BCUT2D eigenvalue weighted by Crippen LogP contribution is 2.30. The van der Waals surface area contributed by atoms with Crippen LogP contribution >= 0.6 is 11.8 Å². The van der Waals surface area contributed by atoms with Gasteiger partial charge in [0.15, 0.2) is 0 Å². The molecule has 0 aliphatic carbocycles. The van der Waals surface area contributed by atoms with Crippen LogP contribution in [-0.2, 0) is 4.79 Å². The van der Waals surface area contributed by atoms with Crippen molar-refractivity contribution in [2.75, 3.05) is 24.7 Å². The fourth-order valence-corrected chi connectivity index (χ4v) is 2.88. The van der Waals surface area contributed by atoms with E-state index in [2.05, 4.69) is 5.32 Å². The Morgan fingerprint density at radius 2 is 1.96 bits per heavy atom. The van der Waals surface area contributed by atoms with Gasteiger partial charge in [-0.15, -0.1) is 11.8 Å². The van der Waals surface area contributed by atoms with E-state index in [1.54, 1.807) is 6.07 Å². The second-order valence-electron chi connectivity index (χ2n) is 5.21. The Morgan fingerprint density at radius 3 is 2.72 bits per heavy atom. The summed E-state index contributed by atoms with van der Waals surface area (Å²) in [6.45, 7) is 2.94. The number of carbonyl (C=O) groups is 2. The molecule has 5 nitrogen and oxygen atoms in total. The summed E-state index contributed by atoms with van der Waals surface area (Å²) in [5.74, 6) is 0.362. The van der Waals surface area contributed by atoms with E-state index in [4.69, 9.17) is 9.84 Å². The van der Waals surface area contributed by atoms with Gasteiger partial charge in [-0.25, -0.2) is 0 Å². The highest BCUT2D eigenvalue weighted by atomic mass is 32.2. The number of carboxylic acids is 1. The first-order valence-electron chi connectivity index (χ1n) is 8.01. The molecule has 0 atom stereocenters. The van der Waals surface area contributed by atoms with Gasteiger partial charge in [0.25, 0.3) is 5.91 Å². The van der Waals surface area contributed by atoms with Crippen molar-refractivity contribution in [2.24, 2.45) is 0 Å². The predicted octanol–water partition coefficient (Wildman–Crippen LogP) is 3.30. The van der Waals surface area contributed by atoms with Crippen LogP contribution in [0.25, 0.3) is 11.1 Å². The average molecular weight is 359 g/mol. The van der Waals surface area contributed by atoms with Crippen LogP contribution in [0.4, 0.5) is 0 Å². The number of para-hydroxylation sites is 1. The zero-order valence-corrected chi connectivity index (χ0v) is 14.8. The third kappa shape index (κ3) is 5.83. The Hall–Kier alpha value is -2.47. The maximum Gasteiger partial charge on any atom is 0.313 e. The van der Waals surface area contributed by atoms with Crippen molar-refractivity contribution in [3.63, 3.8) is 0 Å². The number of carboxylic acid groups (broad SMARTS) is 1. The Kier molecular flexibility index (Phi) is 7.35. The number of benzene rings is 2. The number of carbonyl (C=O) groups excluding carboxylic acids is 1. The topological polar surface area (TPSA) is 75.6 Å². The number of hydrogen-bond acceptors (Lipinski definition) is 4. The molecule has 0 aliphatic heterocycles. The second-order valence-corrected chi connectivity index (χ2v) is 6.32. The molecule has 2 aromatic carbocycles. The molecular formula is C19H21NO4S. The summed E-state index contributed by atoms with van der Waals surface area (Å²) in [6, 6.07) is 15.1. The quantitative estimate of drug-likeness (QED) is 0.672. The van der Waals surface area contributed by atoms with Gasteiger partial charge in [0.1, 0.15) is 5.75 Å². The Morgan fingerprint density at radius 1 is 1.16 bits per heavy atom. The lowest BCUT2D eigenvalue weighted by Crippen LogP contribution is -2.26. The predicted molar refractivity (Wildman–Crippen MR) is 100 cm³/mol. The molecule has 0 saturated heterocycles. The summed E-state index contributed by atoms with van der Waals surface area (Å²) >= 11 is 1.28. The van der Waals surface area contributed by atoms with Gasteiger partial charge in [-0.1, -0.05) is 30.3 Å². The molecule has 2 rings (SSSR count). The first-order chi connectivity index (χ1) is 12.1. The van der Waals surface area contributed by atoms with Crippen molar-refractivity contribution in [1.82, 2.24) is 5.32 Å². The van der Waals surface area contributed by atoms with Crippen LogP contribution in [-0.4, -0.2) is 41.6 Å². The lowest BCUT2D eigenvalue weighted by atomic mass is 10.0. The molecule has 0 heterocycles. The third-order valence-electron chi connectivity index (χ3n) is 3.38. The SMILES string of the molecule is CCOc1ccccc1-c1cccc(C(=O)NCCSCC(=O)O)c1. The summed E-state index contributed by atoms with van der Waals surface area (Å²) in [5.41, 5.74) is 2.42. The number of hydrogen-bond donors (Lipinski definition) is 2. The fraction of sp³-hybridized carbons (Fsp3) is 0.263. The van der Waals surface area contributed by atoms with Gasteiger partial charge in [0, 0.05) is 23.4 Å². The summed E-state index contributed by atoms with van der Waals surface area (Å²) in [5, 5.41) is 11.4. The molecule has 2 N–H and O–H groups in total. The fourth-order valence-electron chi connectivity index (χ4n) is 2.31. The summed E-state index contributed by atoms with van der Waals surface area (Å²) in [7, 11) is 0. The van der Waals surface area contributed by atoms with Crippen LogP contribution in [0.2, 0.25) is 0 Å². The number of rotatable bonds is 9. The molecule has 0 fully saturated rings. The van der Waals surface area contributed by atoms with E-state index in [1.807, 2.05) is 49.4 Å². The highest BCUT2D eigenvalue weighted by Gasteiger charge is 2.10. The third-order valence-corrected chi connectivity index (χ3v) is 4.32. The molecule has 1 amide bonds. The molecule has 0 unspecified atom stereocenters. The average Bonchev–Trinajstić information content (AvgIpc) is 2.62. The van der Waals surface area contributed by atoms with Gasteiger partial charge in [-0.05, 0) is 30.7 Å². The van der Waals surface area contributed by atoms with Gasteiger partial charge in [-0.3, -0.25) is 9.59 Å². The van der Waals surface area contributed by atoms with Crippen LogP contribution in [0.3, 0.4) is 0 Å². The van der Waals surface area contributed by atoms with Gasteiger partial charge in [0.05, 0.1) is 12.4 Å².